The predicted octanol–water partition coefficient (Wildman–Crippen LogP) is 4.21. The fraction of sp³-hybridized carbons (Fsp3) is 0.182. The quantitative estimate of drug-likeness (QED) is 0.385. The van der Waals surface area contributed by atoms with Crippen molar-refractivity contribution < 1.29 is 0 Å². The number of fused-ring (bicyclic) bond motifs is 2. The van der Waals surface area contributed by atoms with E-state index in [1.807, 2.05) is 12.4 Å². The average molecular weight is 342 g/mol. The summed E-state index contributed by atoms with van der Waals surface area (Å²) in [5, 5.41) is 2.48. The Morgan fingerprint density at radius 2 is 1.12 bits per heavy atom. The lowest BCUT2D eigenvalue weighted by atomic mass is 10.2. The molecule has 2 aromatic heterocycles. The summed E-state index contributed by atoms with van der Waals surface area (Å²) in [4.78, 5) is 9.06. The molecule has 0 saturated carbocycles. The van der Waals surface area contributed by atoms with E-state index in [-0.39, 0.29) is 0 Å². The summed E-state index contributed by atoms with van der Waals surface area (Å²) in [6, 6.07) is 21.1. The minimum absolute atomic E-state index is 0.683. The van der Waals surface area contributed by atoms with E-state index in [4.69, 9.17) is 0 Å². The van der Waals surface area contributed by atoms with Gasteiger partial charge in [-0.2, -0.15) is 0 Å². The Hall–Kier alpha value is -3.14. The van der Waals surface area contributed by atoms with Gasteiger partial charge >= 0.3 is 0 Å². The van der Waals surface area contributed by atoms with E-state index in [1.54, 1.807) is 0 Å². The minimum atomic E-state index is 0.683. The van der Waals surface area contributed by atoms with Crippen molar-refractivity contribution >= 4 is 34.2 Å². The highest BCUT2D eigenvalue weighted by molar-refractivity contribution is 5.91. The smallest absolute Gasteiger partial charge is 0.0596 e. The second-order valence-corrected chi connectivity index (χ2v) is 6.44. The largest absolute Gasteiger partial charge is 0.343 e. The van der Waals surface area contributed by atoms with Gasteiger partial charge in [-0.3, -0.25) is 9.98 Å². The van der Waals surface area contributed by atoms with Crippen LogP contribution in [0.2, 0.25) is 0 Å². The van der Waals surface area contributed by atoms with Crippen molar-refractivity contribution in [3.8, 4) is 0 Å². The summed E-state index contributed by atoms with van der Waals surface area (Å²) < 4.78 is 4.33. The Morgan fingerprint density at radius 3 is 1.54 bits per heavy atom. The first-order valence-electron chi connectivity index (χ1n) is 8.82. The lowest BCUT2D eigenvalue weighted by Crippen LogP contribution is -1.97. The van der Waals surface area contributed by atoms with E-state index in [0.717, 1.165) is 11.4 Å². The molecule has 4 heteroatoms. The number of hydrogen-bond acceptors (Lipinski definition) is 2. The van der Waals surface area contributed by atoms with Crippen molar-refractivity contribution in [1.29, 1.82) is 0 Å². The van der Waals surface area contributed by atoms with Crippen LogP contribution in [-0.2, 0) is 14.1 Å². The number of aliphatic imine (C=N–C) groups is 2. The highest BCUT2D eigenvalue weighted by atomic mass is 15.0. The first-order valence-corrected chi connectivity index (χ1v) is 8.82. The first-order chi connectivity index (χ1) is 12.7. The molecular weight excluding hydrogens is 320 g/mol. The summed E-state index contributed by atoms with van der Waals surface area (Å²) in [7, 11) is 4.14. The average Bonchev–Trinajstić information content (AvgIpc) is 3.16. The number of aryl methyl sites for hydroxylation is 2. The molecule has 0 radical (unpaired) electrons. The Morgan fingerprint density at radius 1 is 0.692 bits per heavy atom. The molecule has 0 unspecified atom stereocenters. The number of rotatable bonds is 5. The molecule has 0 aliphatic carbocycles. The van der Waals surface area contributed by atoms with Gasteiger partial charge in [-0.1, -0.05) is 36.4 Å². The highest BCUT2D eigenvalue weighted by Crippen LogP contribution is 2.17. The molecule has 4 nitrogen and oxygen atoms in total. The van der Waals surface area contributed by atoms with E-state index < -0.39 is 0 Å². The summed E-state index contributed by atoms with van der Waals surface area (Å²) in [6.45, 7) is 1.37. The molecule has 4 rings (SSSR count). The van der Waals surface area contributed by atoms with E-state index in [0.29, 0.717) is 13.1 Å². The van der Waals surface area contributed by atoms with Gasteiger partial charge in [0.25, 0.3) is 0 Å². The Bertz CT molecular complexity index is 1020. The Balaban J connectivity index is 1.39. The topological polar surface area (TPSA) is 34.6 Å². The summed E-state index contributed by atoms with van der Waals surface area (Å²) in [6.07, 6.45) is 3.87. The van der Waals surface area contributed by atoms with Crippen molar-refractivity contribution in [2.45, 2.75) is 0 Å². The first kappa shape index (κ1) is 16.3. The lowest BCUT2D eigenvalue weighted by molar-refractivity contribution is 0.940. The second-order valence-electron chi connectivity index (χ2n) is 6.44. The highest BCUT2D eigenvalue weighted by Gasteiger charge is 2.03. The van der Waals surface area contributed by atoms with Gasteiger partial charge in [0.1, 0.15) is 0 Å². The van der Waals surface area contributed by atoms with E-state index in [2.05, 4.69) is 93.9 Å². The number of benzene rings is 2. The van der Waals surface area contributed by atoms with Crippen LogP contribution in [0.1, 0.15) is 11.4 Å². The van der Waals surface area contributed by atoms with Crippen LogP contribution in [0.15, 0.2) is 70.6 Å². The number of hydrogen-bond donors (Lipinski definition) is 0. The molecule has 0 bridgehead atoms. The van der Waals surface area contributed by atoms with Gasteiger partial charge in [-0.15, -0.1) is 0 Å². The van der Waals surface area contributed by atoms with Crippen molar-refractivity contribution in [3.63, 3.8) is 0 Å². The van der Waals surface area contributed by atoms with Gasteiger partial charge in [0.05, 0.1) is 24.5 Å². The van der Waals surface area contributed by atoms with Crippen molar-refractivity contribution in [2.24, 2.45) is 24.1 Å². The molecule has 2 heterocycles. The normalized spacial score (nSPS) is 12.2. The molecule has 0 atom stereocenters. The van der Waals surface area contributed by atoms with Crippen LogP contribution >= 0.6 is 0 Å². The third kappa shape index (κ3) is 3.06. The maximum atomic E-state index is 4.53. The van der Waals surface area contributed by atoms with Gasteiger partial charge in [-0.25, -0.2) is 0 Å². The standard InChI is InChI=1S/C22H22N4/c1-25-19(13-17-7-3-5-9-21(17)25)15-23-11-12-24-16-20-14-18-8-4-6-10-22(18)26(20)2/h3-10,13-16H,11-12H2,1-2H3. The summed E-state index contributed by atoms with van der Waals surface area (Å²) >= 11 is 0. The van der Waals surface area contributed by atoms with Crippen LogP contribution in [0, 0.1) is 0 Å². The van der Waals surface area contributed by atoms with E-state index >= 15 is 0 Å². The molecule has 0 aliphatic heterocycles. The Labute approximate surface area is 153 Å². The fourth-order valence-electron chi connectivity index (χ4n) is 3.30. The van der Waals surface area contributed by atoms with E-state index in [1.165, 1.54) is 21.8 Å². The monoisotopic (exact) mass is 342 g/mol. The minimum Gasteiger partial charge on any atom is -0.343 e. The van der Waals surface area contributed by atoms with Crippen LogP contribution in [0.4, 0.5) is 0 Å². The van der Waals surface area contributed by atoms with Crippen LogP contribution in [0.5, 0.6) is 0 Å². The zero-order chi connectivity index (χ0) is 17.9. The molecule has 2 aromatic carbocycles. The van der Waals surface area contributed by atoms with Crippen LogP contribution < -0.4 is 0 Å². The van der Waals surface area contributed by atoms with Crippen molar-refractivity contribution in [1.82, 2.24) is 9.13 Å². The van der Waals surface area contributed by atoms with Gasteiger partial charge in [0, 0.05) is 48.3 Å². The molecule has 0 N–H and O–H groups in total. The molecule has 130 valence electrons. The molecule has 0 fully saturated rings. The predicted molar refractivity (Wildman–Crippen MR) is 111 cm³/mol. The lowest BCUT2D eigenvalue weighted by Gasteiger charge is -1.99. The molecule has 26 heavy (non-hydrogen) atoms. The van der Waals surface area contributed by atoms with Crippen molar-refractivity contribution in [3.05, 3.63) is 72.1 Å². The second kappa shape index (κ2) is 7.00. The third-order valence-corrected chi connectivity index (χ3v) is 4.78. The molecule has 4 aromatic rings. The molecule has 0 aliphatic rings. The molecule has 0 amide bonds. The van der Waals surface area contributed by atoms with Crippen LogP contribution in [0.3, 0.4) is 0 Å². The van der Waals surface area contributed by atoms with Gasteiger partial charge in [-0.05, 0) is 24.3 Å². The SMILES string of the molecule is Cn1c(C=NCCN=Cc2cc3ccccc3n2C)cc2ccccc21. The molecule has 0 saturated heterocycles. The fourth-order valence-corrected chi connectivity index (χ4v) is 3.30. The maximum Gasteiger partial charge on any atom is 0.0596 e. The zero-order valence-electron chi connectivity index (χ0n) is 15.1. The summed E-state index contributed by atoms with van der Waals surface area (Å²) in [5.74, 6) is 0. The van der Waals surface area contributed by atoms with Gasteiger partial charge in [0.2, 0.25) is 0 Å². The third-order valence-electron chi connectivity index (χ3n) is 4.78. The molecule has 0 spiro atoms. The van der Waals surface area contributed by atoms with Crippen LogP contribution in [0.25, 0.3) is 21.8 Å². The zero-order valence-corrected chi connectivity index (χ0v) is 15.1. The summed E-state index contributed by atoms with van der Waals surface area (Å²) in [5.41, 5.74) is 4.68. The number of nitrogens with zero attached hydrogens (tertiary/aromatic N) is 4. The van der Waals surface area contributed by atoms with Crippen molar-refractivity contribution in [2.75, 3.05) is 13.1 Å². The van der Waals surface area contributed by atoms with Gasteiger partial charge < -0.3 is 9.13 Å². The number of aromatic nitrogens is 2. The maximum absolute atomic E-state index is 4.53. The molecular formula is C22H22N4. The Kier molecular flexibility index (Phi) is 4.40. The number of para-hydroxylation sites is 2. The van der Waals surface area contributed by atoms with E-state index in [9.17, 15) is 0 Å². The van der Waals surface area contributed by atoms with Crippen LogP contribution in [-0.4, -0.2) is 34.7 Å². The van der Waals surface area contributed by atoms with Gasteiger partial charge in [0.15, 0.2) is 0 Å².